The molecular formula is C13H24N2O4. The SMILES string of the molecule is CCC[C@H](NC(=O)N1CCC(OCC)CC1)C(=O)O. The van der Waals surface area contributed by atoms with Crippen LogP contribution in [0.2, 0.25) is 0 Å². The van der Waals surface area contributed by atoms with Crippen LogP contribution in [-0.4, -0.2) is 53.8 Å². The number of nitrogens with zero attached hydrogens (tertiary/aromatic N) is 1. The number of carboxylic acids is 1. The van der Waals surface area contributed by atoms with Crippen LogP contribution in [0.5, 0.6) is 0 Å². The fourth-order valence-electron chi connectivity index (χ4n) is 2.25. The number of aliphatic carboxylic acids is 1. The zero-order chi connectivity index (χ0) is 14.3. The van der Waals surface area contributed by atoms with Gasteiger partial charge >= 0.3 is 12.0 Å². The molecular weight excluding hydrogens is 248 g/mol. The van der Waals surface area contributed by atoms with Gasteiger partial charge in [-0.2, -0.15) is 0 Å². The highest BCUT2D eigenvalue weighted by Gasteiger charge is 2.26. The molecule has 1 fully saturated rings. The van der Waals surface area contributed by atoms with Gasteiger partial charge in [0.1, 0.15) is 6.04 Å². The standard InChI is InChI=1S/C13H24N2O4/c1-3-5-11(12(16)17)14-13(18)15-8-6-10(7-9-15)19-4-2/h10-11H,3-9H2,1-2H3,(H,14,18)(H,16,17)/t11-/m0/s1. The van der Waals surface area contributed by atoms with Crippen LogP contribution >= 0.6 is 0 Å². The van der Waals surface area contributed by atoms with Crippen molar-refractivity contribution < 1.29 is 19.4 Å². The van der Waals surface area contributed by atoms with Crippen LogP contribution in [0.4, 0.5) is 4.79 Å². The zero-order valence-corrected chi connectivity index (χ0v) is 11.7. The Morgan fingerprint density at radius 2 is 2.00 bits per heavy atom. The molecule has 1 heterocycles. The van der Waals surface area contributed by atoms with E-state index < -0.39 is 12.0 Å². The summed E-state index contributed by atoms with van der Waals surface area (Å²) in [5.41, 5.74) is 0. The third kappa shape index (κ3) is 5.06. The van der Waals surface area contributed by atoms with Gasteiger partial charge in [0.15, 0.2) is 0 Å². The number of rotatable bonds is 6. The van der Waals surface area contributed by atoms with Crippen molar-refractivity contribution in [3.05, 3.63) is 0 Å². The second-order valence-corrected chi connectivity index (χ2v) is 4.77. The van der Waals surface area contributed by atoms with Crippen LogP contribution in [0.3, 0.4) is 0 Å². The first-order valence-electron chi connectivity index (χ1n) is 6.98. The fourth-order valence-corrected chi connectivity index (χ4v) is 2.25. The van der Waals surface area contributed by atoms with E-state index in [9.17, 15) is 9.59 Å². The van der Waals surface area contributed by atoms with Crippen LogP contribution in [0.25, 0.3) is 0 Å². The lowest BCUT2D eigenvalue weighted by atomic mass is 10.1. The van der Waals surface area contributed by atoms with E-state index in [0.717, 1.165) is 19.3 Å². The van der Waals surface area contributed by atoms with Crippen LogP contribution in [0.15, 0.2) is 0 Å². The Morgan fingerprint density at radius 1 is 1.37 bits per heavy atom. The summed E-state index contributed by atoms with van der Waals surface area (Å²) in [4.78, 5) is 24.6. The van der Waals surface area contributed by atoms with E-state index in [2.05, 4.69) is 5.32 Å². The van der Waals surface area contributed by atoms with Gasteiger partial charge in [0.25, 0.3) is 0 Å². The molecule has 1 rings (SSSR count). The highest BCUT2D eigenvalue weighted by molar-refractivity contribution is 5.82. The lowest BCUT2D eigenvalue weighted by Crippen LogP contribution is -2.50. The molecule has 0 aromatic carbocycles. The highest BCUT2D eigenvalue weighted by atomic mass is 16.5. The number of hydrogen-bond acceptors (Lipinski definition) is 3. The highest BCUT2D eigenvalue weighted by Crippen LogP contribution is 2.13. The summed E-state index contributed by atoms with van der Waals surface area (Å²) in [6.07, 6.45) is 3.03. The number of likely N-dealkylation sites (tertiary alicyclic amines) is 1. The molecule has 0 spiro atoms. The van der Waals surface area contributed by atoms with Gasteiger partial charge < -0.3 is 20.1 Å². The molecule has 0 unspecified atom stereocenters. The second-order valence-electron chi connectivity index (χ2n) is 4.77. The number of ether oxygens (including phenoxy) is 1. The van der Waals surface area contributed by atoms with Crippen molar-refractivity contribution in [2.45, 2.75) is 51.7 Å². The first-order chi connectivity index (χ1) is 9.08. The van der Waals surface area contributed by atoms with Crippen molar-refractivity contribution in [2.75, 3.05) is 19.7 Å². The van der Waals surface area contributed by atoms with Crippen LogP contribution < -0.4 is 5.32 Å². The minimum Gasteiger partial charge on any atom is -0.480 e. The van der Waals surface area contributed by atoms with Crippen molar-refractivity contribution in [2.24, 2.45) is 0 Å². The number of piperidine rings is 1. The van der Waals surface area contributed by atoms with E-state index in [-0.39, 0.29) is 12.1 Å². The van der Waals surface area contributed by atoms with Gasteiger partial charge in [-0.1, -0.05) is 13.3 Å². The van der Waals surface area contributed by atoms with E-state index in [1.165, 1.54) is 0 Å². The third-order valence-corrected chi connectivity index (χ3v) is 3.30. The maximum absolute atomic E-state index is 12.0. The summed E-state index contributed by atoms with van der Waals surface area (Å²) >= 11 is 0. The van der Waals surface area contributed by atoms with Crippen LogP contribution in [0.1, 0.15) is 39.5 Å². The summed E-state index contributed by atoms with van der Waals surface area (Å²) in [7, 11) is 0. The molecule has 6 nitrogen and oxygen atoms in total. The third-order valence-electron chi connectivity index (χ3n) is 3.30. The maximum Gasteiger partial charge on any atom is 0.326 e. The average molecular weight is 272 g/mol. The Labute approximate surface area is 114 Å². The molecule has 0 aromatic rings. The zero-order valence-electron chi connectivity index (χ0n) is 11.7. The predicted octanol–water partition coefficient (Wildman–Crippen LogP) is 1.45. The number of carbonyl (C=O) groups excluding carboxylic acids is 1. The number of carbonyl (C=O) groups is 2. The van der Waals surface area contributed by atoms with Gasteiger partial charge in [-0.15, -0.1) is 0 Å². The van der Waals surface area contributed by atoms with Gasteiger partial charge in [-0.3, -0.25) is 0 Å². The van der Waals surface area contributed by atoms with Crippen molar-refractivity contribution in [1.82, 2.24) is 10.2 Å². The Hall–Kier alpha value is -1.30. The molecule has 1 atom stereocenters. The molecule has 110 valence electrons. The van der Waals surface area contributed by atoms with Crippen molar-refractivity contribution in [3.63, 3.8) is 0 Å². The molecule has 6 heteroatoms. The minimum atomic E-state index is -0.973. The largest absolute Gasteiger partial charge is 0.480 e. The Balaban J connectivity index is 2.39. The smallest absolute Gasteiger partial charge is 0.326 e. The van der Waals surface area contributed by atoms with Gasteiger partial charge in [-0.25, -0.2) is 9.59 Å². The molecule has 2 N–H and O–H groups in total. The summed E-state index contributed by atoms with van der Waals surface area (Å²) in [6.45, 7) is 5.79. The summed E-state index contributed by atoms with van der Waals surface area (Å²) < 4.78 is 5.52. The molecule has 1 aliphatic heterocycles. The minimum absolute atomic E-state index is 0.222. The number of urea groups is 1. The normalized spacial score (nSPS) is 18.1. The maximum atomic E-state index is 12.0. The van der Waals surface area contributed by atoms with Crippen molar-refractivity contribution in [3.8, 4) is 0 Å². The summed E-state index contributed by atoms with van der Waals surface area (Å²) in [5, 5.41) is 11.6. The number of amides is 2. The number of hydrogen-bond donors (Lipinski definition) is 2. The summed E-state index contributed by atoms with van der Waals surface area (Å²) in [6, 6.07) is -1.07. The molecule has 2 amide bonds. The van der Waals surface area contributed by atoms with Gasteiger partial charge in [0.05, 0.1) is 6.10 Å². The molecule has 0 saturated carbocycles. The average Bonchev–Trinajstić information content (AvgIpc) is 2.39. The molecule has 0 radical (unpaired) electrons. The fraction of sp³-hybridized carbons (Fsp3) is 0.846. The van der Waals surface area contributed by atoms with Crippen molar-refractivity contribution in [1.29, 1.82) is 0 Å². The Bertz CT molecular complexity index is 301. The van der Waals surface area contributed by atoms with Gasteiger partial charge in [0, 0.05) is 19.7 Å². The summed E-state index contributed by atoms with van der Waals surface area (Å²) in [5.74, 6) is -0.973. The van der Waals surface area contributed by atoms with Gasteiger partial charge in [0.2, 0.25) is 0 Å². The Kier molecular flexibility index (Phi) is 6.62. The number of nitrogens with one attached hydrogen (secondary N) is 1. The number of carboxylic acid groups (broad SMARTS) is 1. The molecule has 0 aromatic heterocycles. The van der Waals surface area contributed by atoms with E-state index >= 15 is 0 Å². The van der Waals surface area contributed by atoms with E-state index in [1.807, 2.05) is 13.8 Å². The monoisotopic (exact) mass is 272 g/mol. The first kappa shape index (κ1) is 15.8. The topological polar surface area (TPSA) is 78.9 Å². The molecule has 0 aliphatic carbocycles. The lowest BCUT2D eigenvalue weighted by molar-refractivity contribution is -0.139. The molecule has 1 aliphatic rings. The van der Waals surface area contributed by atoms with E-state index in [4.69, 9.17) is 9.84 Å². The van der Waals surface area contributed by atoms with Crippen LogP contribution in [0, 0.1) is 0 Å². The quantitative estimate of drug-likeness (QED) is 0.767. The molecule has 19 heavy (non-hydrogen) atoms. The molecule has 1 saturated heterocycles. The Morgan fingerprint density at radius 3 is 2.47 bits per heavy atom. The molecule has 0 bridgehead atoms. The second kappa shape index (κ2) is 7.99. The van der Waals surface area contributed by atoms with Crippen LogP contribution in [-0.2, 0) is 9.53 Å². The van der Waals surface area contributed by atoms with Gasteiger partial charge in [-0.05, 0) is 26.2 Å². The first-order valence-corrected chi connectivity index (χ1v) is 6.98. The van der Waals surface area contributed by atoms with Crippen molar-refractivity contribution >= 4 is 12.0 Å². The van der Waals surface area contributed by atoms with E-state index in [0.29, 0.717) is 26.1 Å². The predicted molar refractivity (Wildman–Crippen MR) is 71.1 cm³/mol. The lowest BCUT2D eigenvalue weighted by Gasteiger charge is -2.32. The van der Waals surface area contributed by atoms with E-state index in [1.54, 1.807) is 4.90 Å².